The molecule has 3 aromatic carbocycles. The first-order valence-corrected chi connectivity index (χ1v) is 8.45. The van der Waals surface area contributed by atoms with Gasteiger partial charge in [-0.2, -0.15) is 5.26 Å². The second-order valence-corrected chi connectivity index (χ2v) is 6.26. The third-order valence-electron chi connectivity index (χ3n) is 3.71. The van der Waals surface area contributed by atoms with Gasteiger partial charge in [0.1, 0.15) is 11.6 Å². The predicted molar refractivity (Wildman–Crippen MR) is 106 cm³/mol. The second-order valence-electron chi connectivity index (χ2n) is 5.42. The van der Waals surface area contributed by atoms with Crippen LogP contribution in [0.5, 0.6) is 0 Å². The molecule has 1 amide bonds. The van der Waals surface area contributed by atoms with E-state index in [-0.39, 0.29) is 5.57 Å². The first-order valence-electron chi connectivity index (χ1n) is 7.69. The number of fused-ring (bicyclic) bond motifs is 1. The molecular formula is C20H13Cl2N3O. The Bertz CT molecular complexity index is 1050. The highest BCUT2D eigenvalue weighted by atomic mass is 35.5. The van der Waals surface area contributed by atoms with Crippen molar-refractivity contribution in [1.82, 2.24) is 0 Å². The summed E-state index contributed by atoms with van der Waals surface area (Å²) in [5.74, 6) is -0.565. The van der Waals surface area contributed by atoms with Gasteiger partial charge in [0.05, 0.1) is 10.7 Å². The van der Waals surface area contributed by atoms with Crippen LogP contribution in [0.4, 0.5) is 11.4 Å². The van der Waals surface area contributed by atoms with Gasteiger partial charge in [-0.3, -0.25) is 4.79 Å². The number of anilines is 2. The van der Waals surface area contributed by atoms with Crippen LogP contribution < -0.4 is 10.6 Å². The van der Waals surface area contributed by atoms with Crippen LogP contribution in [-0.4, -0.2) is 5.91 Å². The molecule has 0 aliphatic rings. The van der Waals surface area contributed by atoms with Crippen molar-refractivity contribution in [2.45, 2.75) is 0 Å². The van der Waals surface area contributed by atoms with Crippen LogP contribution in [0.15, 0.2) is 72.4 Å². The molecule has 0 saturated heterocycles. The molecule has 0 heterocycles. The molecule has 0 spiro atoms. The van der Waals surface area contributed by atoms with Crippen LogP contribution in [0.25, 0.3) is 10.8 Å². The van der Waals surface area contributed by atoms with E-state index >= 15 is 0 Å². The van der Waals surface area contributed by atoms with Gasteiger partial charge in [-0.05, 0) is 29.7 Å². The van der Waals surface area contributed by atoms with Crippen LogP contribution >= 0.6 is 23.2 Å². The molecular weight excluding hydrogens is 369 g/mol. The Kier molecular flexibility index (Phi) is 5.43. The van der Waals surface area contributed by atoms with Gasteiger partial charge in [-0.15, -0.1) is 0 Å². The Balaban J connectivity index is 1.81. The Hall–Kier alpha value is -3.00. The number of halogens is 2. The lowest BCUT2D eigenvalue weighted by molar-refractivity contribution is -0.112. The highest BCUT2D eigenvalue weighted by Gasteiger charge is 2.12. The number of carbonyl (C=O) groups excluding carboxylic acids is 1. The Morgan fingerprint density at radius 3 is 2.54 bits per heavy atom. The average Bonchev–Trinajstić information content (AvgIpc) is 2.64. The summed E-state index contributed by atoms with van der Waals surface area (Å²) in [7, 11) is 0. The standard InChI is InChI=1S/C20H13Cl2N3O/c21-15-8-9-19(17(22)10-15)25-20(26)14(11-23)12-24-18-7-3-5-13-4-1-2-6-16(13)18/h1-10,12,24H,(H,25,26)/b14-12-. The largest absolute Gasteiger partial charge is 0.360 e. The van der Waals surface area contributed by atoms with Crippen molar-refractivity contribution < 1.29 is 4.79 Å². The minimum absolute atomic E-state index is 0.0797. The van der Waals surface area contributed by atoms with Crippen molar-refractivity contribution in [1.29, 1.82) is 5.26 Å². The zero-order valence-corrected chi connectivity index (χ0v) is 15.0. The molecule has 0 radical (unpaired) electrons. The molecule has 3 rings (SSSR count). The molecule has 128 valence electrons. The summed E-state index contributed by atoms with van der Waals surface area (Å²) in [5, 5.41) is 17.7. The van der Waals surface area contributed by atoms with Gasteiger partial charge in [0, 0.05) is 22.3 Å². The van der Waals surface area contributed by atoms with E-state index in [1.807, 2.05) is 48.5 Å². The molecule has 0 aliphatic heterocycles. The van der Waals surface area contributed by atoms with Gasteiger partial charge in [0.25, 0.3) is 5.91 Å². The molecule has 4 nitrogen and oxygen atoms in total. The molecule has 0 saturated carbocycles. The van der Waals surface area contributed by atoms with Gasteiger partial charge >= 0.3 is 0 Å². The normalized spacial score (nSPS) is 11.0. The molecule has 26 heavy (non-hydrogen) atoms. The van der Waals surface area contributed by atoms with E-state index in [1.165, 1.54) is 12.3 Å². The van der Waals surface area contributed by atoms with E-state index in [2.05, 4.69) is 10.6 Å². The third-order valence-corrected chi connectivity index (χ3v) is 4.25. The fraction of sp³-hybridized carbons (Fsp3) is 0. The number of hydrogen-bond donors (Lipinski definition) is 2. The topological polar surface area (TPSA) is 64.9 Å². The molecule has 0 unspecified atom stereocenters. The molecule has 0 aromatic heterocycles. The van der Waals surface area contributed by atoms with E-state index in [0.717, 1.165) is 16.5 Å². The summed E-state index contributed by atoms with van der Waals surface area (Å²) in [6.07, 6.45) is 1.38. The van der Waals surface area contributed by atoms with Gasteiger partial charge in [0.15, 0.2) is 0 Å². The summed E-state index contributed by atoms with van der Waals surface area (Å²) in [6.45, 7) is 0. The molecule has 0 aliphatic carbocycles. The van der Waals surface area contributed by atoms with Gasteiger partial charge < -0.3 is 10.6 Å². The molecule has 2 N–H and O–H groups in total. The first kappa shape index (κ1) is 17.8. The van der Waals surface area contributed by atoms with Crippen molar-refractivity contribution in [3.05, 3.63) is 82.5 Å². The lowest BCUT2D eigenvalue weighted by Crippen LogP contribution is -2.14. The van der Waals surface area contributed by atoms with Crippen molar-refractivity contribution >= 4 is 51.3 Å². The summed E-state index contributed by atoms with van der Waals surface area (Å²) in [4.78, 5) is 12.3. The fourth-order valence-corrected chi connectivity index (χ4v) is 2.89. The zero-order chi connectivity index (χ0) is 18.5. The number of nitrogens with zero attached hydrogens (tertiary/aromatic N) is 1. The summed E-state index contributed by atoms with van der Waals surface area (Å²) >= 11 is 11.9. The fourth-order valence-electron chi connectivity index (χ4n) is 2.43. The van der Waals surface area contributed by atoms with E-state index in [4.69, 9.17) is 23.2 Å². The maximum Gasteiger partial charge on any atom is 0.267 e. The second kappa shape index (κ2) is 7.92. The number of benzene rings is 3. The van der Waals surface area contributed by atoms with Crippen LogP contribution in [0, 0.1) is 11.3 Å². The molecule has 6 heteroatoms. The number of carbonyl (C=O) groups is 1. The smallest absolute Gasteiger partial charge is 0.267 e. The van der Waals surface area contributed by atoms with Crippen molar-refractivity contribution in [3.63, 3.8) is 0 Å². The third kappa shape index (κ3) is 3.97. The molecule has 0 atom stereocenters. The van der Waals surface area contributed by atoms with Crippen LogP contribution in [0.2, 0.25) is 10.0 Å². The Labute approximate surface area is 160 Å². The highest BCUT2D eigenvalue weighted by Crippen LogP contribution is 2.26. The first-order chi connectivity index (χ1) is 12.6. The Morgan fingerprint density at radius 2 is 1.77 bits per heavy atom. The number of hydrogen-bond acceptors (Lipinski definition) is 3. The van der Waals surface area contributed by atoms with E-state index < -0.39 is 5.91 Å². The quantitative estimate of drug-likeness (QED) is 0.456. The van der Waals surface area contributed by atoms with Gasteiger partial charge in [-0.25, -0.2) is 0 Å². The number of amides is 1. The van der Waals surface area contributed by atoms with E-state index in [1.54, 1.807) is 12.1 Å². The summed E-state index contributed by atoms with van der Waals surface area (Å²) < 4.78 is 0. The minimum atomic E-state index is -0.565. The highest BCUT2D eigenvalue weighted by molar-refractivity contribution is 6.36. The van der Waals surface area contributed by atoms with Gasteiger partial charge in [0.2, 0.25) is 0 Å². The lowest BCUT2D eigenvalue weighted by Gasteiger charge is -2.08. The van der Waals surface area contributed by atoms with Crippen LogP contribution in [-0.2, 0) is 4.79 Å². The summed E-state index contributed by atoms with van der Waals surface area (Å²) in [6, 6.07) is 20.2. The minimum Gasteiger partial charge on any atom is -0.360 e. The molecule has 3 aromatic rings. The maximum absolute atomic E-state index is 12.3. The van der Waals surface area contributed by atoms with Crippen molar-refractivity contribution in [3.8, 4) is 6.07 Å². The molecule has 0 fully saturated rings. The van der Waals surface area contributed by atoms with Crippen LogP contribution in [0.3, 0.4) is 0 Å². The number of nitriles is 1. The van der Waals surface area contributed by atoms with Crippen molar-refractivity contribution in [2.75, 3.05) is 10.6 Å². The SMILES string of the molecule is N#C/C(=C/Nc1cccc2ccccc12)C(=O)Nc1ccc(Cl)cc1Cl. The number of rotatable bonds is 4. The summed E-state index contributed by atoms with van der Waals surface area (Å²) in [5.41, 5.74) is 1.10. The lowest BCUT2D eigenvalue weighted by atomic mass is 10.1. The van der Waals surface area contributed by atoms with Gasteiger partial charge in [-0.1, -0.05) is 59.6 Å². The van der Waals surface area contributed by atoms with Crippen molar-refractivity contribution in [2.24, 2.45) is 0 Å². The maximum atomic E-state index is 12.3. The monoisotopic (exact) mass is 381 g/mol. The Morgan fingerprint density at radius 1 is 1.00 bits per heavy atom. The van der Waals surface area contributed by atoms with E-state index in [9.17, 15) is 10.1 Å². The zero-order valence-electron chi connectivity index (χ0n) is 13.5. The predicted octanol–water partition coefficient (Wildman–Crippen LogP) is 5.60. The van der Waals surface area contributed by atoms with Crippen LogP contribution in [0.1, 0.15) is 0 Å². The average molecular weight is 382 g/mol. The van der Waals surface area contributed by atoms with E-state index in [0.29, 0.717) is 15.7 Å². The number of nitrogens with one attached hydrogen (secondary N) is 2. The molecule has 0 bridgehead atoms.